The van der Waals surface area contributed by atoms with Crippen molar-refractivity contribution in [2.24, 2.45) is 5.92 Å². The van der Waals surface area contributed by atoms with Crippen molar-refractivity contribution < 1.29 is 28.6 Å². The summed E-state index contributed by atoms with van der Waals surface area (Å²) in [5, 5.41) is 12.8. The molecular formula is C21H22N2O7. The van der Waals surface area contributed by atoms with Crippen molar-refractivity contribution in [2.75, 3.05) is 6.54 Å². The van der Waals surface area contributed by atoms with Crippen LogP contribution in [0.4, 0.5) is 4.79 Å². The summed E-state index contributed by atoms with van der Waals surface area (Å²) in [5.41, 5.74) is -1.03. The fourth-order valence-electron chi connectivity index (χ4n) is 4.31. The summed E-state index contributed by atoms with van der Waals surface area (Å²) >= 11 is 0. The molecule has 0 unspecified atom stereocenters. The van der Waals surface area contributed by atoms with Crippen molar-refractivity contribution in [2.45, 2.75) is 44.8 Å². The predicted octanol–water partition coefficient (Wildman–Crippen LogP) is 2.04. The van der Waals surface area contributed by atoms with Crippen LogP contribution in [0, 0.1) is 5.92 Å². The van der Waals surface area contributed by atoms with Crippen molar-refractivity contribution in [3.8, 4) is 5.75 Å². The predicted molar refractivity (Wildman–Crippen MR) is 105 cm³/mol. The lowest BCUT2D eigenvalue weighted by Crippen LogP contribution is -2.54. The second kappa shape index (κ2) is 7.47. The maximum atomic E-state index is 12.9. The van der Waals surface area contributed by atoms with Crippen LogP contribution in [0.5, 0.6) is 5.75 Å². The van der Waals surface area contributed by atoms with E-state index in [-0.39, 0.29) is 23.9 Å². The number of esters is 1. The number of carbonyl (C=O) groups is 3. The maximum Gasteiger partial charge on any atom is 0.336 e. The quantitative estimate of drug-likeness (QED) is 0.445. The summed E-state index contributed by atoms with van der Waals surface area (Å²) in [6, 6.07) is 4.86. The molecular weight excluding hydrogens is 392 g/mol. The number of aromatic hydroxyl groups is 1. The Labute approximate surface area is 171 Å². The van der Waals surface area contributed by atoms with Crippen molar-refractivity contribution in [3.05, 3.63) is 40.2 Å². The normalized spacial score (nSPS) is 23.8. The summed E-state index contributed by atoms with van der Waals surface area (Å²) < 4.78 is 10.3. The fourth-order valence-corrected chi connectivity index (χ4v) is 4.31. The Morgan fingerprint density at radius 3 is 2.87 bits per heavy atom. The number of hydrogen-bond acceptors (Lipinski definition) is 7. The Morgan fingerprint density at radius 1 is 1.30 bits per heavy atom. The molecule has 2 heterocycles. The van der Waals surface area contributed by atoms with Crippen LogP contribution in [-0.2, 0) is 20.9 Å². The van der Waals surface area contributed by atoms with E-state index in [1.165, 1.54) is 18.2 Å². The van der Waals surface area contributed by atoms with Gasteiger partial charge >= 0.3 is 17.6 Å². The van der Waals surface area contributed by atoms with Crippen LogP contribution >= 0.6 is 0 Å². The first kappa shape index (κ1) is 19.9. The van der Waals surface area contributed by atoms with E-state index in [2.05, 4.69) is 5.32 Å². The number of urea groups is 1. The standard InChI is InChI=1S/C21H22N2O7/c1-12-4-2-3-7-21(12)19(27)23(20(28)22-21)10-18(26)29-11-13-8-17(25)30-16-9-14(24)5-6-15(13)16/h5-6,8-9,12,24H,2-4,7,10-11H2,1H3,(H,22,28)/t12-,21+/m1/s1. The molecule has 1 aliphatic heterocycles. The van der Waals surface area contributed by atoms with Gasteiger partial charge < -0.3 is 19.6 Å². The van der Waals surface area contributed by atoms with Gasteiger partial charge in [-0.05, 0) is 30.9 Å². The molecule has 9 nitrogen and oxygen atoms in total. The van der Waals surface area contributed by atoms with Gasteiger partial charge in [0.1, 0.15) is 30.0 Å². The first-order valence-corrected chi connectivity index (χ1v) is 9.85. The van der Waals surface area contributed by atoms with Gasteiger partial charge in [-0.3, -0.25) is 14.5 Å². The van der Waals surface area contributed by atoms with Gasteiger partial charge in [0.15, 0.2) is 0 Å². The molecule has 2 aromatic rings. The zero-order chi connectivity index (χ0) is 21.5. The van der Waals surface area contributed by atoms with Gasteiger partial charge in [-0.2, -0.15) is 0 Å². The third-order valence-electron chi connectivity index (χ3n) is 5.99. The lowest BCUT2D eigenvalue weighted by atomic mass is 9.73. The average molecular weight is 414 g/mol. The molecule has 4 rings (SSSR count). The second-order valence-corrected chi connectivity index (χ2v) is 7.87. The molecule has 1 saturated heterocycles. The number of rotatable bonds is 4. The molecule has 3 amide bonds. The van der Waals surface area contributed by atoms with E-state index in [1.807, 2.05) is 6.92 Å². The highest BCUT2D eigenvalue weighted by Crippen LogP contribution is 2.38. The van der Waals surface area contributed by atoms with Crippen molar-refractivity contribution in [3.63, 3.8) is 0 Å². The third kappa shape index (κ3) is 3.40. The number of benzene rings is 1. The van der Waals surface area contributed by atoms with Crippen molar-refractivity contribution in [1.82, 2.24) is 10.2 Å². The first-order valence-electron chi connectivity index (χ1n) is 9.85. The number of nitrogens with zero attached hydrogens (tertiary/aromatic N) is 1. The number of hydrogen-bond donors (Lipinski definition) is 2. The molecule has 1 aromatic carbocycles. The highest BCUT2D eigenvalue weighted by Gasteiger charge is 2.55. The molecule has 2 N–H and O–H groups in total. The van der Waals surface area contributed by atoms with Crippen LogP contribution in [0.1, 0.15) is 38.2 Å². The Kier molecular flexibility index (Phi) is 4.97. The molecule has 9 heteroatoms. The van der Waals surface area contributed by atoms with E-state index in [9.17, 15) is 24.3 Å². The Bertz CT molecular complexity index is 1090. The van der Waals surface area contributed by atoms with Gasteiger partial charge in [0.2, 0.25) is 0 Å². The topological polar surface area (TPSA) is 126 Å². The summed E-state index contributed by atoms with van der Waals surface area (Å²) in [4.78, 5) is 50.3. The van der Waals surface area contributed by atoms with Crippen LogP contribution in [0.25, 0.3) is 11.0 Å². The highest BCUT2D eigenvalue weighted by molar-refractivity contribution is 6.09. The van der Waals surface area contributed by atoms with Crippen LogP contribution in [0.3, 0.4) is 0 Å². The molecule has 1 spiro atoms. The number of carbonyl (C=O) groups excluding carboxylic acids is 3. The van der Waals surface area contributed by atoms with Crippen molar-refractivity contribution in [1.29, 1.82) is 0 Å². The molecule has 2 atom stereocenters. The average Bonchev–Trinajstić information content (AvgIpc) is 2.93. The molecule has 0 bridgehead atoms. The molecule has 2 fully saturated rings. The number of fused-ring (bicyclic) bond motifs is 1. The lowest BCUT2D eigenvalue weighted by Gasteiger charge is -2.36. The molecule has 1 aliphatic carbocycles. The number of amides is 3. The van der Waals surface area contributed by atoms with Gasteiger partial charge in [-0.25, -0.2) is 9.59 Å². The van der Waals surface area contributed by atoms with Crippen LogP contribution in [-0.4, -0.2) is 40.0 Å². The Hall–Kier alpha value is -3.36. The number of ether oxygens (including phenoxy) is 1. The van der Waals surface area contributed by atoms with E-state index >= 15 is 0 Å². The van der Waals surface area contributed by atoms with Crippen LogP contribution < -0.4 is 10.9 Å². The smallest absolute Gasteiger partial charge is 0.336 e. The molecule has 1 saturated carbocycles. The monoisotopic (exact) mass is 414 g/mol. The third-order valence-corrected chi connectivity index (χ3v) is 5.99. The maximum absolute atomic E-state index is 12.9. The summed E-state index contributed by atoms with van der Waals surface area (Å²) in [5.74, 6) is -1.23. The first-order chi connectivity index (χ1) is 14.3. The summed E-state index contributed by atoms with van der Waals surface area (Å²) in [6.07, 6.45) is 3.24. The number of phenols is 1. The number of phenolic OH excluding ortho intramolecular Hbond substituents is 1. The molecule has 2 aliphatic rings. The SMILES string of the molecule is C[C@@H]1CCCC[C@]12NC(=O)N(CC(=O)OCc1cc(=O)oc3cc(O)ccc13)C2=O. The lowest BCUT2D eigenvalue weighted by molar-refractivity contribution is -0.149. The zero-order valence-electron chi connectivity index (χ0n) is 16.5. The molecule has 0 radical (unpaired) electrons. The van der Waals surface area contributed by atoms with E-state index < -0.39 is 35.6 Å². The Morgan fingerprint density at radius 2 is 2.10 bits per heavy atom. The van der Waals surface area contributed by atoms with Gasteiger partial charge in [0, 0.05) is 23.1 Å². The molecule has 1 aromatic heterocycles. The van der Waals surface area contributed by atoms with Crippen LogP contribution in [0.2, 0.25) is 0 Å². The Balaban J connectivity index is 1.46. The van der Waals surface area contributed by atoms with Gasteiger partial charge in [-0.15, -0.1) is 0 Å². The minimum atomic E-state index is -0.938. The van der Waals surface area contributed by atoms with E-state index in [4.69, 9.17) is 9.15 Å². The highest BCUT2D eigenvalue weighted by atomic mass is 16.5. The van der Waals surface area contributed by atoms with Gasteiger partial charge in [0.25, 0.3) is 5.91 Å². The number of nitrogens with one attached hydrogen (secondary N) is 1. The molecule has 30 heavy (non-hydrogen) atoms. The summed E-state index contributed by atoms with van der Waals surface area (Å²) in [7, 11) is 0. The fraction of sp³-hybridized carbons (Fsp3) is 0.429. The minimum absolute atomic E-state index is 0.00459. The second-order valence-electron chi connectivity index (χ2n) is 7.87. The van der Waals surface area contributed by atoms with Gasteiger partial charge in [-0.1, -0.05) is 19.8 Å². The van der Waals surface area contributed by atoms with Gasteiger partial charge in [0.05, 0.1) is 0 Å². The summed E-state index contributed by atoms with van der Waals surface area (Å²) in [6.45, 7) is 1.19. The van der Waals surface area contributed by atoms with E-state index in [0.29, 0.717) is 17.4 Å². The van der Waals surface area contributed by atoms with E-state index in [1.54, 1.807) is 6.07 Å². The molecule has 158 valence electrons. The largest absolute Gasteiger partial charge is 0.508 e. The number of imide groups is 1. The zero-order valence-corrected chi connectivity index (χ0v) is 16.5. The van der Waals surface area contributed by atoms with E-state index in [0.717, 1.165) is 24.2 Å². The van der Waals surface area contributed by atoms with Crippen molar-refractivity contribution >= 4 is 28.9 Å². The van der Waals surface area contributed by atoms with Crippen LogP contribution in [0.15, 0.2) is 33.5 Å². The minimum Gasteiger partial charge on any atom is -0.508 e.